The maximum absolute atomic E-state index is 12.7. The van der Waals surface area contributed by atoms with Gasteiger partial charge in [-0.05, 0) is 30.3 Å². The van der Waals surface area contributed by atoms with E-state index < -0.39 is 10.0 Å². The van der Waals surface area contributed by atoms with Gasteiger partial charge in [-0.3, -0.25) is 0 Å². The van der Waals surface area contributed by atoms with Gasteiger partial charge in [-0.15, -0.1) is 0 Å². The van der Waals surface area contributed by atoms with E-state index in [4.69, 9.17) is 23.2 Å². The van der Waals surface area contributed by atoms with E-state index in [1.54, 1.807) is 24.3 Å². The lowest BCUT2D eigenvalue weighted by molar-refractivity contribution is 0.589. The molecule has 0 saturated carbocycles. The van der Waals surface area contributed by atoms with Gasteiger partial charge in [-0.1, -0.05) is 35.3 Å². The van der Waals surface area contributed by atoms with Crippen LogP contribution in [-0.4, -0.2) is 17.4 Å². The zero-order valence-electron chi connectivity index (χ0n) is 9.99. The number of aromatic nitrogens is 2. The van der Waals surface area contributed by atoms with Gasteiger partial charge in [0.1, 0.15) is 11.2 Å². The standard InChI is InChI=1S/C13H8Cl2N2O2S/c14-9-5-6-10(15)13(7-9)20(18,19)17-8-16-11-3-1-2-4-12(11)17/h1-8H. The molecule has 0 unspecified atom stereocenters. The van der Waals surface area contributed by atoms with E-state index >= 15 is 0 Å². The highest BCUT2D eigenvalue weighted by Crippen LogP contribution is 2.28. The quantitative estimate of drug-likeness (QED) is 0.723. The molecule has 3 rings (SSSR count). The van der Waals surface area contributed by atoms with Crippen LogP contribution in [0.15, 0.2) is 53.7 Å². The molecule has 4 nitrogen and oxygen atoms in total. The Balaban J connectivity index is 2.29. The van der Waals surface area contributed by atoms with Crippen molar-refractivity contribution < 1.29 is 8.42 Å². The molecule has 0 atom stereocenters. The highest BCUT2D eigenvalue weighted by molar-refractivity contribution is 7.90. The number of benzene rings is 2. The molecular formula is C13H8Cl2N2O2S. The SMILES string of the molecule is O=S(=O)(c1cc(Cl)ccc1Cl)n1cnc2ccccc21. The number of nitrogens with zero attached hydrogens (tertiary/aromatic N) is 2. The summed E-state index contributed by atoms with van der Waals surface area (Å²) < 4.78 is 26.4. The summed E-state index contributed by atoms with van der Waals surface area (Å²) in [6, 6.07) is 11.3. The molecule has 0 fully saturated rings. The lowest BCUT2D eigenvalue weighted by Gasteiger charge is -2.08. The minimum Gasteiger partial charge on any atom is -0.236 e. The first-order valence-corrected chi connectivity index (χ1v) is 7.82. The smallest absolute Gasteiger partial charge is 0.236 e. The second-order valence-corrected chi connectivity index (χ2v) is 6.74. The average molecular weight is 327 g/mol. The molecule has 0 aliphatic heterocycles. The summed E-state index contributed by atoms with van der Waals surface area (Å²) in [5, 5.41) is 0.421. The molecule has 3 aromatic rings. The van der Waals surface area contributed by atoms with Gasteiger partial charge in [-0.2, -0.15) is 0 Å². The molecule has 0 saturated heterocycles. The third-order valence-corrected chi connectivity index (χ3v) is 5.23. The van der Waals surface area contributed by atoms with E-state index in [2.05, 4.69) is 4.98 Å². The number of halogens is 2. The van der Waals surface area contributed by atoms with Crippen molar-refractivity contribution in [3.05, 3.63) is 58.8 Å². The second kappa shape index (κ2) is 4.77. The van der Waals surface area contributed by atoms with Crippen molar-refractivity contribution in [3.63, 3.8) is 0 Å². The number of rotatable bonds is 2. The van der Waals surface area contributed by atoms with Gasteiger partial charge in [0.05, 0.1) is 16.1 Å². The summed E-state index contributed by atoms with van der Waals surface area (Å²) in [6.45, 7) is 0. The molecule has 20 heavy (non-hydrogen) atoms. The fourth-order valence-corrected chi connectivity index (χ4v) is 3.94. The Morgan fingerprint density at radius 2 is 1.80 bits per heavy atom. The predicted octanol–water partition coefficient (Wildman–Crippen LogP) is 3.58. The van der Waals surface area contributed by atoms with Crippen molar-refractivity contribution in [1.29, 1.82) is 0 Å². The predicted molar refractivity (Wildman–Crippen MR) is 78.8 cm³/mol. The summed E-state index contributed by atoms with van der Waals surface area (Å²) in [5.74, 6) is 0. The molecule has 0 amide bonds. The first-order chi connectivity index (χ1) is 9.50. The van der Waals surface area contributed by atoms with E-state index in [1.165, 1.54) is 24.5 Å². The molecule has 0 radical (unpaired) electrons. The molecule has 7 heteroatoms. The number of hydrogen-bond donors (Lipinski definition) is 0. The third kappa shape index (κ3) is 2.08. The summed E-state index contributed by atoms with van der Waals surface area (Å²) in [5.41, 5.74) is 1.08. The van der Waals surface area contributed by atoms with Crippen LogP contribution in [-0.2, 0) is 10.0 Å². The molecule has 0 aliphatic carbocycles. The second-order valence-electron chi connectivity index (χ2n) is 4.11. The Morgan fingerprint density at radius 3 is 2.60 bits per heavy atom. The minimum absolute atomic E-state index is 0.0465. The van der Waals surface area contributed by atoms with E-state index in [0.717, 1.165) is 3.97 Å². The number of hydrogen-bond acceptors (Lipinski definition) is 3. The van der Waals surface area contributed by atoms with E-state index in [1.807, 2.05) is 0 Å². The van der Waals surface area contributed by atoms with Crippen LogP contribution in [0.3, 0.4) is 0 Å². The van der Waals surface area contributed by atoms with Gasteiger partial charge in [0.25, 0.3) is 10.0 Å². The molecule has 0 aliphatic rings. The monoisotopic (exact) mass is 326 g/mol. The van der Waals surface area contributed by atoms with Crippen LogP contribution in [0.25, 0.3) is 11.0 Å². The number of imidazole rings is 1. The van der Waals surface area contributed by atoms with Gasteiger partial charge < -0.3 is 0 Å². The highest BCUT2D eigenvalue weighted by atomic mass is 35.5. The van der Waals surface area contributed by atoms with Gasteiger partial charge in [0.15, 0.2) is 0 Å². The summed E-state index contributed by atoms with van der Waals surface area (Å²) >= 11 is 11.8. The van der Waals surface area contributed by atoms with Crippen LogP contribution < -0.4 is 0 Å². The van der Waals surface area contributed by atoms with Crippen molar-refractivity contribution >= 4 is 44.3 Å². The fourth-order valence-electron chi connectivity index (χ4n) is 1.91. The van der Waals surface area contributed by atoms with Crippen LogP contribution in [0, 0.1) is 0 Å². The normalized spacial score (nSPS) is 11.9. The van der Waals surface area contributed by atoms with Gasteiger partial charge >= 0.3 is 0 Å². The first-order valence-electron chi connectivity index (χ1n) is 5.63. The third-order valence-electron chi connectivity index (χ3n) is 2.85. The topological polar surface area (TPSA) is 52.0 Å². The number of para-hydroxylation sites is 2. The zero-order chi connectivity index (χ0) is 14.3. The van der Waals surface area contributed by atoms with Crippen molar-refractivity contribution in [3.8, 4) is 0 Å². The van der Waals surface area contributed by atoms with Gasteiger partial charge in [-0.25, -0.2) is 17.4 Å². The highest BCUT2D eigenvalue weighted by Gasteiger charge is 2.22. The Morgan fingerprint density at radius 1 is 1.05 bits per heavy atom. The van der Waals surface area contributed by atoms with Gasteiger partial charge in [0, 0.05) is 5.02 Å². The molecule has 1 heterocycles. The lowest BCUT2D eigenvalue weighted by atomic mass is 10.3. The largest absolute Gasteiger partial charge is 0.271 e. The van der Waals surface area contributed by atoms with Crippen LogP contribution in [0.5, 0.6) is 0 Å². The van der Waals surface area contributed by atoms with E-state index in [0.29, 0.717) is 16.1 Å². The summed E-state index contributed by atoms with van der Waals surface area (Å²) in [4.78, 5) is 4.02. The maximum atomic E-state index is 12.7. The van der Waals surface area contributed by atoms with Crippen LogP contribution in [0.2, 0.25) is 10.0 Å². The molecule has 0 bridgehead atoms. The lowest BCUT2D eigenvalue weighted by Crippen LogP contribution is -2.12. The van der Waals surface area contributed by atoms with Crippen LogP contribution in [0.1, 0.15) is 0 Å². The van der Waals surface area contributed by atoms with E-state index in [-0.39, 0.29) is 9.92 Å². The van der Waals surface area contributed by atoms with Gasteiger partial charge in [0.2, 0.25) is 0 Å². The Bertz CT molecular complexity index is 904. The number of fused-ring (bicyclic) bond motifs is 1. The Labute approximate surface area is 125 Å². The first kappa shape index (κ1) is 13.4. The molecule has 0 spiro atoms. The van der Waals surface area contributed by atoms with Crippen LogP contribution >= 0.6 is 23.2 Å². The Kier molecular flexibility index (Phi) is 3.20. The molecule has 102 valence electrons. The molecule has 2 aromatic carbocycles. The molecule has 1 aromatic heterocycles. The average Bonchev–Trinajstić information content (AvgIpc) is 2.86. The maximum Gasteiger partial charge on any atom is 0.271 e. The summed E-state index contributed by atoms with van der Waals surface area (Å²) in [7, 11) is -3.84. The van der Waals surface area contributed by atoms with Crippen molar-refractivity contribution in [2.24, 2.45) is 0 Å². The van der Waals surface area contributed by atoms with Crippen molar-refractivity contribution in [2.75, 3.05) is 0 Å². The minimum atomic E-state index is -3.84. The van der Waals surface area contributed by atoms with E-state index in [9.17, 15) is 8.42 Å². The van der Waals surface area contributed by atoms with Crippen molar-refractivity contribution in [1.82, 2.24) is 8.96 Å². The molecule has 0 N–H and O–H groups in total. The zero-order valence-corrected chi connectivity index (χ0v) is 12.3. The van der Waals surface area contributed by atoms with Crippen LogP contribution in [0.4, 0.5) is 0 Å². The fraction of sp³-hybridized carbons (Fsp3) is 0. The Hall–Kier alpha value is -1.56. The molecular weight excluding hydrogens is 319 g/mol. The summed E-state index contributed by atoms with van der Waals surface area (Å²) in [6.07, 6.45) is 1.26. The van der Waals surface area contributed by atoms with Crippen molar-refractivity contribution in [2.45, 2.75) is 4.90 Å².